The van der Waals surface area contributed by atoms with E-state index in [2.05, 4.69) is 21.2 Å². The van der Waals surface area contributed by atoms with Crippen LogP contribution in [-0.4, -0.2) is 5.91 Å². The summed E-state index contributed by atoms with van der Waals surface area (Å²) in [7, 11) is 0. The summed E-state index contributed by atoms with van der Waals surface area (Å²) in [5.74, 6) is -0.498. The van der Waals surface area contributed by atoms with Crippen LogP contribution in [0.5, 0.6) is 0 Å². The lowest BCUT2D eigenvalue weighted by molar-refractivity contribution is -0.112. The third-order valence-corrected chi connectivity index (χ3v) is 5.47. The third-order valence-electron chi connectivity index (χ3n) is 4.21. The Morgan fingerprint density at radius 3 is 2.38 bits per heavy atom. The van der Waals surface area contributed by atoms with Gasteiger partial charge in [-0.3, -0.25) is 4.79 Å². The summed E-state index contributed by atoms with van der Waals surface area (Å²) in [6.45, 7) is 0. The van der Waals surface area contributed by atoms with E-state index in [9.17, 15) is 10.1 Å². The fourth-order valence-corrected chi connectivity index (χ4v) is 3.48. The number of halogens is 3. The quantitative estimate of drug-likeness (QED) is 0.316. The van der Waals surface area contributed by atoms with Crippen molar-refractivity contribution >= 4 is 56.8 Å². The topological polar surface area (TPSA) is 52.9 Å². The summed E-state index contributed by atoms with van der Waals surface area (Å²) in [6, 6.07) is 22.0. The summed E-state index contributed by atoms with van der Waals surface area (Å²) in [5, 5.41) is 13.3. The van der Waals surface area contributed by atoms with Gasteiger partial charge in [0.25, 0.3) is 5.91 Å². The van der Waals surface area contributed by atoms with E-state index in [-0.39, 0.29) is 5.57 Å². The Hall–Kier alpha value is -2.58. The van der Waals surface area contributed by atoms with Gasteiger partial charge in [-0.1, -0.05) is 63.4 Å². The Labute approximate surface area is 187 Å². The minimum absolute atomic E-state index is 0.0180. The van der Waals surface area contributed by atoms with Crippen LogP contribution in [0.25, 0.3) is 6.08 Å². The van der Waals surface area contributed by atoms with Crippen LogP contribution < -0.4 is 5.32 Å². The molecule has 0 aliphatic heterocycles. The number of carbonyl (C=O) groups is 1. The minimum atomic E-state index is -0.498. The van der Waals surface area contributed by atoms with Gasteiger partial charge in [-0.05, 0) is 71.7 Å². The third kappa shape index (κ3) is 5.71. The predicted molar refractivity (Wildman–Crippen MR) is 122 cm³/mol. The van der Waals surface area contributed by atoms with Crippen molar-refractivity contribution in [2.45, 2.75) is 6.42 Å². The molecule has 0 aliphatic rings. The summed E-state index contributed by atoms with van der Waals surface area (Å²) in [5.41, 5.74) is 3.30. The van der Waals surface area contributed by atoms with Crippen LogP contribution in [0.4, 0.5) is 5.69 Å². The standard InChI is InChI=1S/C23H15BrCl2N2O/c24-22-4-2-1-3-16(22)11-15-5-6-20(26)13-17(15)12-18(14-27)23(29)28-21-9-7-19(25)8-10-21/h1-10,12-13H,11H2,(H,28,29)/b18-12+. The molecule has 0 atom stereocenters. The molecule has 29 heavy (non-hydrogen) atoms. The molecular weight excluding hydrogens is 471 g/mol. The maximum Gasteiger partial charge on any atom is 0.266 e. The number of nitrogens with zero attached hydrogens (tertiary/aromatic N) is 1. The molecular formula is C23H15BrCl2N2O. The first-order valence-electron chi connectivity index (χ1n) is 8.67. The largest absolute Gasteiger partial charge is 0.321 e. The lowest BCUT2D eigenvalue weighted by atomic mass is 9.98. The van der Waals surface area contributed by atoms with Crippen molar-refractivity contribution in [1.29, 1.82) is 5.26 Å². The van der Waals surface area contributed by atoms with E-state index < -0.39 is 5.91 Å². The Bertz CT molecular complexity index is 1120. The van der Waals surface area contributed by atoms with Gasteiger partial charge >= 0.3 is 0 Å². The number of hydrogen-bond donors (Lipinski definition) is 1. The van der Waals surface area contributed by atoms with Crippen molar-refractivity contribution in [3.8, 4) is 6.07 Å². The number of nitrogens with one attached hydrogen (secondary N) is 1. The Morgan fingerprint density at radius 1 is 1.00 bits per heavy atom. The molecule has 0 spiro atoms. The van der Waals surface area contributed by atoms with Crippen molar-refractivity contribution in [2.75, 3.05) is 5.32 Å². The van der Waals surface area contributed by atoms with Crippen molar-refractivity contribution in [3.05, 3.63) is 104 Å². The molecule has 3 rings (SSSR count). The number of benzene rings is 3. The monoisotopic (exact) mass is 484 g/mol. The van der Waals surface area contributed by atoms with E-state index in [1.54, 1.807) is 42.5 Å². The first-order valence-corrected chi connectivity index (χ1v) is 10.2. The fraction of sp³-hybridized carbons (Fsp3) is 0.0435. The lowest BCUT2D eigenvalue weighted by Crippen LogP contribution is -2.13. The van der Waals surface area contributed by atoms with Gasteiger partial charge in [0, 0.05) is 20.2 Å². The van der Waals surface area contributed by atoms with Gasteiger partial charge in [-0.15, -0.1) is 0 Å². The molecule has 3 aromatic rings. The summed E-state index contributed by atoms with van der Waals surface area (Å²) >= 11 is 15.6. The van der Waals surface area contributed by atoms with E-state index in [4.69, 9.17) is 23.2 Å². The molecule has 3 aromatic carbocycles. The molecule has 144 valence electrons. The molecule has 0 saturated carbocycles. The smallest absolute Gasteiger partial charge is 0.266 e. The Morgan fingerprint density at radius 2 is 1.69 bits per heavy atom. The molecule has 0 unspecified atom stereocenters. The normalized spacial score (nSPS) is 11.0. The van der Waals surface area contributed by atoms with Gasteiger partial charge in [-0.25, -0.2) is 0 Å². The van der Waals surface area contributed by atoms with E-state index in [0.717, 1.165) is 21.2 Å². The highest BCUT2D eigenvalue weighted by Crippen LogP contribution is 2.25. The zero-order valence-corrected chi connectivity index (χ0v) is 18.2. The number of hydrogen-bond acceptors (Lipinski definition) is 2. The molecule has 0 aromatic heterocycles. The maximum atomic E-state index is 12.6. The van der Waals surface area contributed by atoms with Gasteiger partial charge < -0.3 is 5.32 Å². The van der Waals surface area contributed by atoms with Crippen molar-refractivity contribution in [3.63, 3.8) is 0 Å². The van der Waals surface area contributed by atoms with Crippen molar-refractivity contribution in [2.24, 2.45) is 0 Å². The van der Waals surface area contributed by atoms with Crippen LogP contribution in [0.15, 0.2) is 76.8 Å². The van der Waals surface area contributed by atoms with Crippen LogP contribution >= 0.6 is 39.1 Å². The molecule has 0 radical (unpaired) electrons. The second kappa shape index (κ2) is 9.76. The van der Waals surface area contributed by atoms with Gasteiger partial charge in [-0.2, -0.15) is 5.26 Å². The minimum Gasteiger partial charge on any atom is -0.321 e. The first-order chi connectivity index (χ1) is 14.0. The lowest BCUT2D eigenvalue weighted by Gasteiger charge is -2.10. The molecule has 6 heteroatoms. The molecule has 0 fully saturated rings. The molecule has 0 bridgehead atoms. The van der Waals surface area contributed by atoms with E-state index in [1.807, 2.05) is 36.4 Å². The number of carbonyl (C=O) groups excluding carboxylic acids is 1. The van der Waals surface area contributed by atoms with Gasteiger partial charge in [0.05, 0.1) is 0 Å². The van der Waals surface area contributed by atoms with E-state index in [0.29, 0.717) is 22.2 Å². The molecule has 1 N–H and O–H groups in total. The molecule has 1 amide bonds. The molecule has 0 saturated heterocycles. The Balaban J connectivity index is 1.91. The highest BCUT2D eigenvalue weighted by molar-refractivity contribution is 9.10. The second-order valence-corrected chi connectivity index (χ2v) is 7.97. The summed E-state index contributed by atoms with van der Waals surface area (Å²) in [6.07, 6.45) is 2.19. The predicted octanol–water partition coefficient (Wildman–Crippen LogP) is 6.89. The van der Waals surface area contributed by atoms with Crippen molar-refractivity contribution in [1.82, 2.24) is 0 Å². The van der Waals surface area contributed by atoms with Gasteiger partial charge in [0.1, 0.15) is 11.6 Å². The molecule has 0 heterocycles. The fourth-order valence-electron chi connectivity index (χ4n) is 2.74. The summed E-state index contributed by atoms with van der Waals surface area (Å²) < 4.78 is 0.992. The van der Waals surface area contributed by atoms with Crippen LogP contribution in [-0.2, 0) is 11.2 Å². The summed E-state index contributed by atoms with van der Waals surface area (Å²) in [4.78, 5) is 12.6. The van der Waals surface area contributed by atoms with Crippen LogP contribution in [0.2, 0.25) is 10.0 Å². The van der Waals surface area contributed by atoms with Crippen LogP contribution in [0.1, 0.15) is 16.7 Å². The SMILES string of the molecule is N#C/C(=C\c1cc(Cl)ccc1Cc1ccccc1Br)C(=O)Nc1ccc(Cl)cc1. The van der Waals surface area contributed by atoms with Crippen LogP contribution in [0.3, 0.4) is 0 Å². The number of nitriles is 1. The molecule has 0 aliphatic carbocycles. The Kier molecular flexibility index (Phi) is 7.11. The number of amides is 1. The number of anilines is 1. The first kappa shape index (κ1) is 21.1. The van der Waals surface area contributed by atoms with E-state index >= 15 is 0 Å². The maximum absolute atomic E-state index is 12.6. The van der Waals surface area contributed by atoms with Gasteiger partial charge in [0.2, 0.25) is 0 Å². The average Bonchev–Trinajstić information content (AvgIpc) is 2.71. The average molecular weight is 486 g/mol. The zero-order valence-electron chi connectivity index (χ0n) is 15.1. The molecule has 3 nitrogen and oxygen atoms in total. The van der Waals surface area contributed by atoms with Crippen molar-refractivity contribution < 1.29 is 4.79 Å². The van der Waals surface area contributed by atoms with E-state index in [1.165, 1.54) is 0 Å². The second-order valence-electron chi connectivity index (χ2n) is 6.24. The highest BCUT2D eigenvalue weighted by atomic mass is 79.9. The van der Waals surface area contributed by atoms with Crippen LogP contribution in [0, 0.1) is 11.3 Å². The highest BCUT2D eigenvalue weighted by Gasteiger charge is 2.12. The number of rotatable bonds is 5. The zero-order chi connectivity index (χ0) is 20.8. The van der Waals surface area contributed by atoms with Gasteiger partial charge in [0.15, 0.2) is 0 Å².